The first kappa shape index (κ1) is 11.0. The Labute approximate surface area is 82.3 Å². The van der Waals surface area contributed by atoms with Gasteiger partial charge in [0.1, 0.15) is 0 Å². The van der Waals surface area contributed by atoms with Crippen molar-refractivity contribution in [3.63, 3.8) is 0 Å². The zero-order valence-electron chi connectivity index (χ0n) is 9.10. The van der Waals surface area contributed by atoms with Crippen LogP contribution in [0.4, 0.5) is 0 Å². The van der Waals surface area contributed by atoms with Gasteiger partial charge >= 0.3 is 0 Å². The van der Waals surface area contributed by atoms with E-state index in [2.05, 4.69) is 19.2 Å². The Kier molecular flexibility index (Phi) is 4.20. The van der Waals surface area contributed by atoms with E-state index in [-0.39, 0.29) is 0 Å². The molecule has 1 atom stereocenters. The summed E-state index contributed by atoms with van der Waals surface area (Å²) >= 11 is 0. The molecule has 78 valence electrons. The van der Waals surface area contributed by atoms with Crippen LogP contribution in [0.15, 0.2) is 0 Å². The van der Waals surface area contributed by atoms with Gasteiger partial charge in [0.15, 0.2) is 0 Å². The molecule has 1 unspecified atom stereocenters. The fraction of sp³-hybridized carbons (Fsp3) is 1.00. The van der Waals surface area contributed by atoms with E-state index >= 15 is 0 Å². The highest BCUT2D eigenvalue weighted by Gasteiger charge is 2.30. The molecule has 1 saturated carbocycles. The fourth-order valence-electron chi connectivity index (χ4n) is 1.96. The van der Waals surface area contributed by atoms with Gasteiger partial charge in [-0.3, -0.25) is 0 Å². The lowest BCUT2D eigenvalue weighted by Crippen LogP contribution is -2.38. The standard InChI is InChI=1S/C11H24N2/c1-10(4-7-12)8-13-9-11(2)5-3-6-11/h10,13H,3-9,12H2,1-2H3. The lowest BCUT2D eigenvalue weighted by molar-refractivity contribution is 0.155. The van der Waals surface area contributed by atoms with Crippen molar-refractivity contribution in [1.29, 1.82) is 0 Å². The molecule has 0 saturated heterocycles. The highest BCUT2D eigenvalue weighted by atomic mass is 14.9. The predicted molar refractivity (Wildman–Crippen MR) is 57.7 cm³/mol. The average molecular weight is 184 g/mol. The van der Waals surface area contributed by atoms with Crippen LogP contribution < -0.4 is 11.1 Å². The molecule has 0 aromatic rings. The summed E-state index contributed by atoms with van der Waals surface area (Å²) in [5.74, 6) is 0.730. The van der Waals surface area contributed by atoms with Crippen LogP contribution in [-0.4, -0.2) is 19.6 Å². The number of hydrogen-bond acceptors (Lipinski definition) is 2. The molecular weight excluding hydrogens is 160 g/mol. The van der Waals surface area contributed by atoms with Gasteiger partial charge in [-0.2, -0.15) is 0 Å². The second kappa shape index (κ2) is 4.97. The van der Waals surface area contributed by atoms with Crippen molar-refractivity contribution < 1.29 is 0 Å². The largest absolute Gasteiger partial charge is 0.330 e. The maximum atomic E-state index is 5.50. The van der Waals surface area contributed by atoms with E-state index < -0.39 is 0 Å². The molecule has 0 radical (unpaired) electrons. The number of hydrogen-bond donors (Lipinski definition) is 2. The monoisotopic (exact) mass is 184 g/mol. The van der Waals surface area contributed by atoms with Crippen LogP contribution in [0.2, 0.25) is 0 Å². The van der Waals surface area contributed by atoms with Gasteiger partial charge in [0.25, 0.3) is 0 Å². The van der Waals surface area contributed by atoms with E-state index in [0.717, 1.165) is 25.4 Å². The molecule has 0 aliphatic heterocycles. The summed E-state index contributed by atoms with van der Waals surface area (Å²) < 4.78 is 0. The van der Waals surface area contributed by atoms with Crippen molar-refractivity contribution in [1.82, 2.24) is 5.32 Å². The normalized spacial score (nSPS) is 22.4. The molecule has 1 aliphatic rings. The van der Waals surface area contributed by atoms with E-state index in [1.165, 1.54) is 25.8 Å². The molecule has 13 heavy (non-hydrogen) atoms. The smallest absolute Gasteiger partial charge is 0.000527 e. The van der Waals surface area contributed by atoms with E-state index in [1.807, 2.05) is 0 Å². The van der Waals surface area contributed by atoms with Gasteiger partial charge in [0, 0.05) is 6.54 Å². The summed E-state index contributed by atoms with van der Waals surface area (Å²) in [7, 11) is 0. The Morgan fingerprint density at radius 2 is 2.15 bits per heavy atom. The SMILES string of the molecule is CC(CCN)CNCC1(C)CCC1. The van der Waals surface area contributed by atoms with Gasteiger partial charge in [0.05, 0.1) is 0 Å². The Morgan fingerprint density at radius 1 is 1.46 bits per heavy atom. The fourth-order valence-corrected chi connectivity index (χ4v) is 1.96. The third kappa shape index (κ3) is 3.65. The van der Waals surface area contributed by atoms with Crippen LogP contribution in [0.5, 0.6) is 0 Å². The first-order chi connectivity index (χ1) is 6.16. The van der Waals surface area contributed by atoms with E-state index in [0.29, 0.717) is 5.41 Å². The Morgan fingerprint density at radius 3 is 2.62 bits per heavy atom. The summed E-state index contributed by atoms with van der Waals surface area (Å²) in [5.41, 5.74) is 6.11. The van der Waals surface area contributed by atoms with Crippen molar-refractivity contribution in [2.45, 2.75) is 39.5 Å². The summed E-state index contributed by atoms with van der Waals surface area (Å²) in [4.78, 5) is 0. The van der Waals surface area contributed by atoms with E-state index in [1.54, 1.807) is 0 Å². The van der Waals surface area contributed by atoms with Gasteiger partial charge < -0.3 is 11.1 Å². The number of nitrogens with one attached hydrogen (secondary N) is 1. The minimum atomic E-state index is 0.614. The third-order valence-electron chi connectivity index (χ3n) is 3.26. The van der Waals surface area contributed by atoms with Gasteiger partial charge in [-0.25, -0.2) is 0 Å². The predicted octanol–water partition coefficient (Wildman–Crippen LogP) is 1.75. The van der Waals surface area contributed by atoms with Crippen molar-refractivity contribution >= 4 is 0 Å². The maximum absolute atomic E-state index is 5.50. The van der Waals surface area contributed by atoms with Crippen LogP contribution >= 0.6 is 0 Å². The molecular formula is C11H24N2. The maximum Gasteiger partial charge on any atom is 0.000527 e. The molecule has 2 heteroatoms. The summed E-state index contributed by atoms with van der Waals surface area (Å²) in [6.07, 6.45) is 5.39. The van der Waals surface area contributed by atoms with Crippen LogP contribution in [0.3, 0.4) is 0 Å². The van der Waals surface area contributed by atoms with Gasteiger partial charge in [0.2, 0.25) is 0 Å². The van der Waals surface area contributed by atoms with Crippen molar-refractivity contribution in [2.24, 2.45) is 17.1 Å². The van der Waals surface area contributed by atoms with Gasteiger partial charge in [-0.15, -0.1) is 0 Å². The Balaban J connectivity index is 1.99. The minimum Gasteiger partial charge on any atom is -0.330 e. The third-order valence-corrected chi connectivity index (χ3v) is 3.26. The summed E-state index contributed by atoms with van der Waals surface area (Å²) in [5, 5.41) is 3.56. The van der Waals surface area contributed by atoms with Crippen LogP contribution in [0.25, 0.3) is 0 Å². The highest BCUT2D eigenvalue weighted by molar-refractivity contribution is 4.85. The van der Waals surface area contributed by atoms with Crippen LogP contribution in [-0.2, 0) is 0 Å². The zero-order valence-corrected chi connectivity index (χ0v) is 9.10. The molecule has 0 aromatic carbocycles. The summed E-state index contributed by atoms with van der Waals surface area (Å²) in [6.45, 7) is 7.80. The lowest BCUT2D eigenvalue weighted by Gasteiger charge is -2.38. The first-order valence-corrected chi connectivity index (χ1v) is 5.57. The summed E-state index contributed by atoms with van der Waals surface area (Å²) in [6, 6.07) is 0. The first-order valence-electron chi connectivity index (χ1n) is 5.57. The van der Waals surface area contributed by atoms with Crippen molar-refractivity contribution in [3.05, 3.63) is 0 Å². The molecule has 0 heterocycles. The molecule has 0 aromatic heterocycles. The molecule has 0 bridgehead atoms. The zero-order chi connectivity index (χ0) is 9.73. The Hall–Kier alpha value is -0.0800. The highest BCUT2D eigenvalue weighted by Crippen LogP contribution is 2.39. The van der Waals surface area contributed by atoms with Crippen LogP contribution in [0.1, 0.15) is 39.5 Å². The molecule has 0 amide bonds. The average Bonchev–Trinajstić information content (AvgIpc) is 2.02. The van der Waals surface area contributed by atoms with E-state index in [4.69, 9.17) is 5.73 Å². The lowest BCUT2D eigenvalue weighted by atomic mass is 9.70. The van der Waals surface area contributed by atoms with E-state index in [9.17, 15) is 0 Å². The second-order valence-corrected chi connectivity index (χ2v) is 4.98. The topological polar surface area (TPSA) is 38.0 Å². The minimum absolute atomic E-state index is 0.614. The number of nitrogens with two attached hydrogens (primary N) is 1. The Bertz CT molecular complexity index is 141. The number of rotatable bonds is 6. The van der Waals surface area contributed by atoms with Crippen LogP contribution in [0, 0.1) is 11.3 Å². The van der Waals surface area contributed by atoms with Gasteiger partial charge in [-0.05, 0) is 43.7 Å². The van der Waals surface area contributed by atoms with Crippen molar-refractivity contribution in [2.75, 3.05) is 19.6 Å². The molecule has 1 rings (SSSR count). The quantitative estimate of drug-likeness (QED) is 0.660. The molecule has 2 nitrogen and oxygen atoms in total. The molecule has 3 N–H and O–H groups in total. The second-order valence-electron chi connectivity index (χ2n) is 4.98. The molecule has 0 spiro atoms. The molecule has 1 aliphatic carbocycles. The molecule has 1 fully saturated rings. The van der Waals surface area contributed by atoms with Gasteiger partial charge in [-0.1, -0.05) is 20.3 Å². The van der Waals surface area contributed by atoms with Crippen molar-refractivity contribution in [3.8, 4) is 0 Å².